The third-order valence-corrected chi connectivity index (χ3v) is 3.65. The Morgan fingerprint density at radius 2 is 2.00 bits per heavy atom. The highest BCUT2D eigenvalue weighted by molar-refractivity contribution is 6.30. The van der Waals surface area contributed by atoms with E-state index in [1.165, 1.54) is 6.20 Å². The largest absolute Gasteiger partial charge is 0.495 e. The second-order valence-corrected chi connectivity index (χ2v) is 5.27. The summed E-state index contributed by atoms with van der Waals surface area (Å²) in [6.07, 6.45) is 3.40. The average molecular weight is 316 g/mol. The van der Waals surface area contributed by atoms with Gasteiger partial charge in [0.15, 0.2) is 0 Å². The SMILES string of the molecule is COc1c(C(=O)Nc2ccc(Cl)cc2)cnc2c1ccn2C. The molecular formula is C16H14ClN3O2. The van der Waals surface area contributed by atoms with E-state index in [0.717, 1.165) is 11.0 Å². The number of hydrogen-bond donors (Lipinski definition) is 1. The highest BCUT2D eigenvalue weighted by Gasteiger charge is 2.17. The van der Waals surface area contributed by atoms with Gasteiger partial charge >= 0.3 is 0 Å². The molecule has 0 fully saturated rings. The number of nitrogens with zero attached hydrogens (tertiary/aromatic N) is 2. The molecule has 3 rings (SSSR count). The summed E-state index contributed by atoms with van der Waals surface area (Å²) >= 11 is 5.84. The summed E-state index contributed by atoms with van der Waals surface area (Å²) in [5.74, 6) is 0.231. The first-order valence-corrected chi connectivity index (χ1v) is 7.03. The van der Waals surface area contributed by atoms with Crippen molar-refractivity contribution in [2.75, 3.05) is 12.4 Å². The van der Waals surface area contributed by atoms with Crippen LogP contribution >= 0.6 is 11.6 Å². The number of carbonyl (C=O) groups excluding carboxylic acids is 1. The summed E-state index contributed by atoms with van der Waals surface area (Å²) in [6, 6.07) is 8.78. The number of rotatable bonds is 3. The Balaban J connectivity index is 1.98. The van der Waals surface area contributed by atoms with Crippen molar-refractivity contribution >= 4 is 34.2 Å². The van der Waals surface area contributed by atoms with E-state index in [1.54, 1.807) is 31.4 Å². The molecule has 0 saturated carbocycles. The van der Waals surface area contributed by atoms with Gasteiger partial charge in [-0.3, -0.25) is 4.79 Å². The molecule has 6 heteroatoms. The maximum atomic E-state index is 12.5. The second kappa shape index (κ2) is 5.69. The summed E-state index contributed by atoms with van der Waals surface area (Å²) in [4.78, 5) is 16.8. The first kappa shape index (κ1) is 14.4. The third kappa shape index (κ3) is 2.51. The molecule has 0 spiro atoms. The zero-order chi connectivity index (χ0) is 15.7. The van der Waals surface area contributed by atoms with Crippen LogP contribution in [-0.4, -0.2) is 22.6 Å². The lowest BCUT2D eigenvalue weighted by atomic mass is 10.2. The number of methoxy groups -OCH3 is 1. The Kier molecular flexibility index (Phi) is 3.73. The number of anilines is 1. The van der Waals surface area contributed by atoms with Gasteiger partial charge in [-0.25, -0.2) is 4.98 Å². The Hall–Kier alpha value is -2.53. The molecule has 3 aromatic rings. The Bertz CT molecular complexity index is 840. The van der Waals surface area contributed by atoms with Gasteiger partial charge in [0.2, 0.25) is 0 Å². The van der Waals surface area contributed by atoms with E-state index in [-0.39, 0.29) is 5.91 Å². The molecule has 0 bridgehead atoms. The van der Waals surface area contributed by atoms with E-state index in [1.807, 2.05) is 23.9 Å². The number of pyridine rings is 1. The minimum absolute atomic E-state index is 0.280. The molecule has 0 aliphatic rings. The Labute approximate surface area is 132 Å². The molecule has 0 aliphatic heterocycles. The quantitative estimate of drug-likeness (QED) is 0.805. The van der Waals surface area contributed by atoms with Crippen LogP contribution in [0.2, 0.25) is 5.02 Å². The second-order valence-electron chi connectivity index (χ2n) is 4.83. The van der Waals surface area contributed by atoms with Crippen LogP contribution in [0.5, 0.6) is 5.75 Å². The number of aromatic nitrogens is 2. The lowest BCUT2D eigenvalue weighted by Crippen LogP contribution is -2.13. The number of hydrogen-bond acceptors (Lipinski definition) is 3. The molecule has 2 heterocycles. The summed E-state index contributed by atoms with van der Waals surface area (Å²) < 4.78 is 7.29. The van der Waals surface area contributed by atoms with Crippen LogP contribution in [0.3, 0.4) is 0 Å². The lowest BCUT2D eigenvalue weighted by molar-refractivity contribution is 0.102. The van der Waals surface area contributed by atoms with Crippen molar-refractivity contribution in [2.45, 2.75) is 0 Å². The van der Waals surface area contributed by atoms with Gasteiger partial charge in [0, 0.05) is 30.2 Å². The molecular weight excluding hydrogens is 302 g/mol. The molecule has 0 saturated heterocycles. The summed E-state index contributed by atoms with van der Waals surface area (Å²) in [7, 11) is 3.43. The zero-order valence-corrected chi connectivity index (χ0v) is 12.9. The van der Waals surface area contributed by atoms with Crippen molar-refractivity contribution < 1.29 is 9.53 Å². The summed E-state index contributed by atoms with van der Waals surface area (Å²) in [6.45, 7) is 0. The van der Waals surface area contributed by atoms with Crippen molar-refractivity contribution in [3.63, 3.8) is 0 Å². The van der Waals surface area contributed by atoms with Gasteiger partial charge in [-0.15, -0.1) is 0 Å². The summed E-state index contributed by atoms with van der Waals surface area (Å²) in [5, 5.41) is 4.22. The van der Waals surface area contributed by atoms with E-state index < -0.39 is 0 Å². The van der Waals surface area contributed by atoms with Gasteiger partial charge in [-0.05, 0) is 30.3 Å². The van der Waals surface area contributed by atoms with Crippen molar-refractivity contribution in [1.82, 2.24) is 9.55 Å². The number of halogens is 1. The fraction of sp³-hybridized carbons (Fsp3) is 0.125. The number of carbonyl (C=O) groups is 1. The highest BCUT2D eigenvalue weighted by Crippen LogP contribution is 2.29. The van der Waals surface area contributed by atoms with Crippen molar-refractivity contribution in [1.29, 1.82) is 0 Å². The zero-order valence-electron chi connectivity index (χ0n) is 12.1. The number of amides is 1. The molecule has 1 N–H and O–H groups in total. The standard InChI is InChI=1S/C16H14ClN3O2/c1-20-8-7-12-14(22-2)13(9-18-15(12)20)16(21)19-11-5-3-10(17)4-6-11/h3-9H,1-2H3,(H,19,21). The molecule has 1 aromatic carbocycles. The molecule has 2 aromatic heterocycles. The maximum Gasteiger partial charge on any atom is 0.261 e. The molecule has 112 valence electrons. The number of fused-ring (bicyclic) bond motifs is 1. The van der Waals surface area contributed by atoms with Gasteiger partial charge in [0.05, 0.1) is 12.5 Å². The van der Waals surface area contributed by atoms with E-state index in [9.17, 15) is 4.79 Å². The van der Waals surface area contributed by atoms with Crippen molar-refractivity contribution in [3.05, 3.63) is 53.3 Å². The molecule has 22 heavy (non-hydrogen) atoms. The number of aryl methyl sites for hydroxylation is 1. The molecule has 5 nitrogen and oxygen atoms in total. The number of nitrogens with one attached hydrogen (secondary N) is 1. The fourth-order valence-electron chi connectivity index (χ4n) is 2.30. The Morgan fingerprint density at radius 3 is 2.68 bits per heavy atom. The summed E-state index contributed by atoms with van der Waals surface area (Å²) in [5.41, 5.74) is 1.81. The molecule has 0 unspecified atom stereocenters. The van der Waals surface area contributed by atoms with Gasteiger partial charge in [-0.2, -0.15) is 0 Å². The molecule has 0 atom stereocenters. The van der Waals surface area contributed by atoms with Crippen LogP contribution in [0.1, 0.15) is 10.4 Å². The van der Waals surface area contributed by atoms with Crippen LogP contribution in [0.4, 0.5) is 5.69 Å². The van der Waals surface area contributed by atoms with Crippen LogP contribution in [0.15, 0.2) is 42.7 Å². The number of ether oxygens (including phenoxy) is 1. The van der Waals surface area contributed by atoms with Crippen LogP contribution in [0.25, 0.3) is 11.0 Å². The predicted octanol–water partition coefficient (Wildman–Crippen LogP) is 3.49. The minimum Gasteiger partial charge on any atom is -0.495 e. The predicted molar refractivity (Wildman–Crippen MR) is 86.7 cm³/mol. The topological polar surface area (TPSA) is 56.1 Å². The van der Waals surface area contributed by atoms with Gasteiger partial charge in [0.25, 0.3) is 5.91 Å². The van der Waals surface area contributed by atoms with Crippen molar-refractivity contribution in [2.24, 2.45) is 7.05 Å². The van der Waals surface area contributed by atoms with Crippen LogP contribution < -0.4 is 10.1 Å². The normalized spacial score (nSPS) is 10.7. The molecule has 0 aliphatic carbocycles. The molecule has 1 amide bonds. The van der Waals surface area contributed by atoms with Crippen LogP contribution in [0, 0.1) is 0 Å². The first-order valence-electron chi connectivity index (χ1n) is 6.65. The minimum atomic E-state index is -0.280. The van der Waals surface area contributed by atoms with Gasteiger partial charge < -0.3 is 14.6 Å². The molecule has 0 radical (unpaired) electrons. The van der Waals surface area contributed by atoms with Gasteiger partial charge in [0.1, 0.15) is 17.0 Å². The number of benzene rings is 1. The average Bonchev–Trinajstić information content (AvgIpc) is 2.90. The monoisotopic (exact) mass is 315 g/mol. The van der Waals surface area contributed by atoms with Gasteiger partial charge in [-0.1, -0.05) is 11.6 Å². The smallest absolute Gasteiger partial charge is 0.261 e. The fourth-order valence-corrected chi connectivity index (χ4v) is 2.43. The van der Waals surface area contributed by atoms with Crippen molar-refractivity contribution in [3.8, 4) is 5.75 Å². The Morgan fingerprint density at radius 1 is 1.27 bits per heavy atom. The van der Waals surface area contributed by atoms with E-state index in [4.69, 9.17) is 16.3 Å². The first-order chi connectivity index (χ1) is 10.6. The highest BCUT2D eigenvalue weighted by atomic mass is 35.5. The van der Waals surface area contributed by atoms with E-state index in [0.29, 0.717) is 22.0 Å². The third-order valence-electron chi connectivity index (χ3n) is 3.40. The maximum absolute atomic E-state index is 12.5. The van der Waals surface area contributed by atoms with E-state index in [2.05, 4.69) is 10.3 Å². The van der Waals surface area contributed by atoms with E-state index >= 15 is 0 Å². The van der Waals surface area contributed by atoms with Crippen LogP contribution in [-0.2, 0) is 7.05 Å². The lowest BCUT2D eigenvalue weighted by Gasteiger charge is -2.10.